The summed E-state index contributed by atoms with van der Waals surface area (Å²) in [7, 11) is 0. The Morgan fingerprint density at radius 1 is 1.28 bits per heavy atom. The average Bonchev–Trinajstić information content (AvgIpc) is 3.32. The van der Waals surface area contributed by atoms with Gasteiger partial charge in [-0.15, -0.1) is 5.10 Å². The van der Waals surface area contributed by atoms with Gasteiger partial charge in [0.1, 0.15) is 5.15 Å². The molecule has 2 aromatic rings. The van der Waals surface area contributed by atoms with Crippen LogP contribution in [0.4, 0.5) is 13.2 Å². The van der Waals surface area contributed by atoms with Crippen LogP contribution in [0.2, 0.25) is 5.15 Å². The molecule has 6 nitrogen and oxygen atoms in total. The molecule has 0 radical (unpaired) electrons. The SMILES string of the molecule is CCCCOC(=O)c1ccc(-n2ccc(OCCC3(C(F)(F)F)CC3)n2)nc1Cl. The molecule has 1 fully saturated rings. The molecule has 0 bridgehead atoms. The number of rotatable bonds is 9. The number of carbonyl (C=O) groups excluding carboxylic acids is 1. The van der Waals surface area contributed by atoms with E-state index in [1.807, 2.05) is 6.92 Å². The minimum absolute atomic E-state index is 0.0252. The zero-order chi connectivity index (χ0) is 21.1. The van der Waals surface area contributed by atoms with Crippen molar-refractivity contribution in [2.45, 2.75) is 45.2 Å². The summed E-state index contributed by atoms with van der Waals surface area (Å²) in [6.07, 6.45) is -0.802. The number of hydrogen-bond acceptors (Lipinski definition) is 5. The van der Waals surface area contributed by atoms with Crippen LogP contribution in [0, 0.1) is 5.41 Å². The summed E-state index contributed by atoms with van der Waals surface area (Å²) in [5.41, 5.74) is -1.45. The number of carbonyl (C=O) groups is 1. The smallest absolute Gasteiger partial charge is 0.394 e. The lowest BCUT2D eigenvalue weighted by atomic mass is 10.0. The summed E-state index contributed by atoms with van der Waals surface area (Å²) in [5.74, 6) is -0.0291. The topological polar surface area (TPSA) is 66.2 Å². The normalized spacial score (nSPS) is 15.2. The molecule has 1 saturated carbocycles. The van der Waals surface area contributed by atoms with Gasteiger partial charge in [0, 0.05) is 12.3 Å². The lowest BCUT2D eigenvalue weighted by Crippen LogP contribution is -2.26. The van der Waals surface area contributed by atoms with Crippen LogP contribution >= 0.6 is 11.6 Å². The molecule has 158 valence electrons. The van der Waals surface area contributed by atoms with Crippen molar-refractivity contribution in [2.24, 2.45) is 5.41 Å². The zero-order valence-corrected chi connectivity index (χ0v) is 16.6. The van der Waals surface area contributed by atoms with Crippen molar-refractivity contribution < 1.29 is 27.4 Å². The number of ether oxygens (including phenoxy) is 2. The number of unbranched alkanes of at least 4 members (excludes halogenated alkanes) is 1. The van der Waals surface area contributed by atoms with Crippen molar-refractivity contribution in [3.05, 3.63) is 35.1 Å². The van der Waals surface area contributed by atoms with E-state index in [2.05, 4.69) is 10.1 Å². The minimum Gasteiger partial charge on any atom is -0.477 e. The van der Waals surface area contributed by atoms with E-state index in [9.17, 15) is 18.0 Å². The lowest BCUT2D eigenvalue weighted by molar-refractivity contribution is -0.190. The van der Waals surface area contributed by atoms with Crippen molar-refractivity contribution in [3.63, 3.8) is 0 Å². The van der Waals surface area contributed by atoms with Crippen molar-refractivity contribution >= 4 is 17.6 Å². The molecule has 0 aliphatic heterocycles. The molecule has 2 aromatic heterocycles. The number of pyridine rings is 1. The molecule has 0 unspecified atom stereocenters. The molecule has 3 rings (SSSR count). The Kier molecular flexibility index (Phi) is 6.36. The second-order valence-corrected chi connectivity index (χ2v) is 7.33. The van der Waals surface area contributed by atoms with E-state index < -0.39 is 17.6 Å². The Hall–Kier alpha value is -2.29. The summed E-state index contributed by atoms with van der Waals surface area (Å²) >= 11 is 6.09. The highest BCUT2D eigenvalue weighted by Crippen LogP contribution is 2.59. The van der Waals surface area contributed by atoms with E-state index in [1.165, 1.54) is 16.8 Å². The highest BCUT2D eigenvalue weighted by Gasteiger charge is 2.62. The van der Waals surface area contributed by atoms with Crippen LogP contribution in [-0.2, 0) is 4.74 Å². The van der Waals surface area contributed by atoms with Crippen molar-refractivity contribution in [3.8, 4) is 11.7 Å². The van der Waals surface area contributed by atoms with E-state index in [-0.39, 0.29) is 42.5 Å². The molecule has 2 heterocycles. The second-order valence-electron chi connectivity index (χ2n) is 6.97. The standard InChI is InChI=1S/C19H21ClF3N3O3/c1-2-3-11-29-17(27)13-4-5-14(24-16(13)20)26-10-6-15(25-26)28-12-9-18(7-8-18)19(21,22)23/h4-6,10H,2-3,7-9,11-12H2,1H3. The van der Waals surface area contributed by atoms with Crippen LogP contribution in [-0.4, -0.2) is 40.1 Å². The Morgan fingerprint density at radius 2 is 2.03 bits per heavy atom. The Labute approximate surface area is 171 Å². The van der Waals surface area contributed by atoms with E-state index in [0.29, 0.717) is 12.4 Å². The minimum atomic E-state index is -4.20. The predicted molar refractivity (Wildman–Crippen MR) is 99.4 cm³/mol. The summed E-state index contributed by atoms with van der Waals surface area (Å²) in [5, 5.41) is 4.11. The van der Waals surface area contributed by atoms with Crippen LogP contribution in [0.15, 0.2) is 24.4 Å². The Balaban J connectivity index is 1.58. The third-order valence-corrected chi connectivity index (χ3v) is 5.16. The molecular weight excluding hydrogens is 411 g/mol. The van der Waals surface area contributed by atoms with Gasteiger partial charge in [-0.3, -0.25) is 0 Å². The molecule has 0 spiro atoms. The molecule has 0 N–H and O–H groups in total. The van der Waals surface area contributed by atoms with Crippen LogP contribution in [0.1, 0.15) is 49.4 Å². The van der Waals surface area contributed by atoms with Crippen LogP contribution in [0.25, 0.3) is 5.82 Å². The Morgan fingerprint density at radius 3 is 2.66 bits per heavy atom. The lowest BCUT2D eigenvalue weighted by Gasteiger charge is -2.18. The van der Waals surface area contributed by atoms with Gasteiger partial charge in [0.15, 0.2) is 5.82 Å². The third kappa shape index (κ3) is 5.01. The Bertz CT molecular complexity index is 866. The maximum atomic E-state index is 12.9. The number of alkyl halides is 3. The third-order valence-electron chi connectivity index (χ3n) is 4.87. The summed E-state index contributed by atoms with van der Waals surface area (Å²) < 4.78 is 50.6. The van der Waals surface area contributed by atoms with E-state index in [4.69, 9.17) is 21.1 Å². The summed E-state index contributed by atoms with van der Waals surface area (Å²) in [4.78, 5) is 16.1. The molecule has 10 heteroatoms. The number of hydrogen-bond donors (Lipinski definition) is 0. The first kappa shape index (κ1) is 21.4. The van der Waals surface area contributed by atoms with Crippen LogP contribution in [0.5, 0.6) is 5.88 Å². The van der Waals surface area contributed by atoms with E-state index in [1.54, 1.807) is 12.3 Å². The molecule has 0 aromatic carbocycles. The zero-order valence-electron chi connectivity index (χ0n) is 15.8. The second kappa shape index (κ2) is 8.61. The maximum Gasteiger partial charge on any atom is 0.394 e. The number of halogens is 4. The van der Waals surface area contributed by atoms with Gasteiger partial charge in [-0.1, -0.05) is 24.9 Å². The molecule has 0 saturated heterocycles. The van der Waals surface area contributed by atoms with Gasteiger partial charge in [-0.05, 0) is 37.8 Å². The highest BCUT2D eigenvalue weighted by molar-refractivity contribution is 6.32. The first-order valence-corrected chi connectivity index (χ1v) is 9.73. The van der Waals surface area contributed by atoms with Gasteiger partial charge in [-0.25, -0.2) is 14.5 Å². The van der Waals surface area contributed by atoms with Crippen LogP contribution in [0.3, 0.4) is 0 Å². The maximum absolute atomic E-state index is 12.9. The quantitative estimate of drug-likeness (QED) is 0.318. The predicted octanol–water partition coefficient (Wildman–Crippen LogP) is 4.99. The van der Waals surface area contributed by atoms with Crippen molar-refractivity contribution in [1.82, 2.24) is 14.8 Å². The largest absolute Gasteiger partial charge is 0.477 e. The molecule has 0 amide bonds. The van der Waals surface area contributed by atoms with Gasteiger partial charge in [0.2, 0.25) is 5.88 Å². The monoisotopic (exact) mass is 431 g/mol. The fourth-order valence-corrected chi connectivity index (χ4v) is 3.01. The molecular formula is C19H21ClF3N3O3. The summed E-state index contributed by atoms with van der Waals surface area (Å²) in [6.45, 7) is 2.22. The average molecular weight is 432 g/mol. The van der Waals surface area contributed by atoms with E-state index in [0.717, 1.165) is 12.8 Å². The summed E-state index contributed by atoms with van der Waals surface area (Å²) in [6, 6.07) is 4.55. The van der Waals surface area contributed by atoms with Gasteiger partial charge in [0.05, 0.1) is 24.2 Å². The fourth-order valence-electron chi connectivity index (χ4n) is 2.78. The number of aromatic nitrogens is 3. The van der Waals surface area contributed by atoms with Gasteiger partial charge < -0.3 is 9.47 Å². The van der Waals surface area contributed by atoms with Crippen molar-refractivity contribution in [1.29, 1.82) is 0 Å². The van der Waals surface area contributed by atoms with Crippen molar-refractivity contribution in [2.75, 3.05) is 13.2 Å². The first-order chi connectivity index (χ1) is 13.8. The molecule has 29 heavy (non-hydrogen) atoms. The van der Waals surface area contributed by atoms with Gasteiger partial charge >= 0.3 is 12.1 Å². The highest BCUT2D eigenvalue weighted by atomic mass is 35.5. The molecule has 1 aliphatic carbocycles. The van der Waals surface area contributed by atoms with Gasteiger partial charge in [-0.2, -0.15) is 13.2 Å². The number of esters is 1. The molecule has 0 atom stereocenters. The van der Waals surface area contributed by atoms with E-state index >= 15 is 0 Å². The molecule has 1 aliphatic rings. The van der Waals surface area contributed by atoms with Crippen LogP contribution < -0.4 is 4.74 Å². The first-order valence-electron chi connectivity index (χ1n) is 9.35. The van der Waals surface area contributed by atoms with Gasteiger partial charge in [0.25, 0.3) is 0 Å². The fraction of sp³-hybridized carbons (Fsp3) is 0.526. The number of nitrogens with zero attached hydrogens (tertiary/aromatic N) is 3.